The van der Waals surface area contributed by atoms with Gasteiger partial charge in [0.25, 0.3) is 0 Å². The average Bonchev–Trinajstić information content (AvgIpc) is 3.49. The van der Waals surface area contributed by atoms with Gasteiger partial charge in [-0.3, -0.25) is 0 Å². The molecule has 3 rings (SSSR count). The Balaban J connectivity index is 1.52. The molecule has 2 N–H and O–H groups in total. The van der Waals surface area contributed by atoms with E-state index in [1.807, 2.05) is 24.2 Å². The number of benzene rings is 1. The van der Waals surface area contributed by atoms with Crippen molar-refractivity contribution in [1.82, 2.24) is 9.97 Å². The van der Waals surface area contributed by atoms with Gasteiger partial charge in [0.05, 0.1) is 0 Å². The molecule has 0 saturated heterocycles. The van der Waals surface area contributed by atoms with Gasteiger partial charge in [-0.15, -0.1) is 11.8 Å². The summed E-state index contributed by atoms with van der Waals surface area (Å²) in [5, 5.41) is 0. The highest BCUT2D eigenvalue weighted by atomic mass is 32.2. The lowest BCUT2D eigenvalue weighted by atomic mass is 9.93. The number of hydrogen-bond acceptors (Lipinski definition) is 4. The highest BCUT2D eigenvalue weighted by Crippen LogP contribution is 2.35. The van der Waals surface area contributed by atoms with Gasteiger partial charge < -0.3 is 5.73 Å². The molecule has 4 heteroatoms. The summed E-state index contributed by atoms with van der Waals surface area (Å²) in [5.74, 6) is 3.60. The summed E-state index contributed by atoms with van der Waals surface area (Å²) >= 11 is 1.90. The second-order valence-electron chi connectivity index (χ2n) is 7.52. The maximum Gasteiger partial charge on any atom is 0.131 e. The Labute approximate surface area is 162 Å². The van der Waals surface area contributed by atoms with Crippen LogP contribution in [0.15, 0.2) is 41.6 Å². The minimum atomic E-state index is 0.0946. The normalized spacial score (nSPS) is 16.4. The summed E-state index contributed by atoms with van der Waals surface area (Å²) < 4.78 is 0. The molecule has 0 amide bonds. The second kappa shape index (κ2) is 9.52. The largest absolute Gasteiger partial charge is 0.324 e. The minimum Gasteiger partial charge on any atom is -0.324 e. The van der Waals surface area contributed by atoms with Crippen molar-refractivity contribution in [3.8, 4) is 0 Å². The monoisotopic (exact) mass is 369 g/mol. The number of aryl methyl sites for hydroxylation is 1. The molecular formula is C22H31N3S. The molecule has 1 aliphatic rings. The zero-order chi connectivity index (χ0) is 18.4. The molecule has 1 aromatic carbocycles. The highest BCUT2D eigenvalue weighted by Gasteiger charge is 2.21. The molecule has 0 spiro atoms. The predicted octanol–water partition coefficient (Wildman–Crippen LogP) is 5.51. The van der Waals surface area contributed by atoms with Gasteiger partial charge in [0.1, 0.15) is 5.82 Å². The second-order valence-corrected chi connectivity index (χ2v) is 8.61. The van der Waals surface area contributed by atoms with E-state index < -0.39 is 0 Å². The Kier molecular flexibility index (Phi) is 7.09. The number of rotatable bonds is 10. The number of aromatic nitrogens is 2. The Hall–Kier alpha value is -1.39. The van der Waals surface area contributed by atoms with Crippen LogP contribution in [0.5, 0.6) is 0 Å². The Bertz CT molecular complexity index is 680. The van der Waals surface area contributed by atoms with E-state index in [4.69, 9.17) is 5.73 Å². The number of nitrogens with zero attached hydrogens (tertiary/aromatic N) is 2. The van der Waals surface area contributed by atoms with Gasteiger partial charge in [0.15, 0.2) is 0 Å². The molecule has 1 aromatic heterocycles. The predicted molar refractivity (Wildman–Crippen MR) is 110 cm³/mol. The molecule has 1 heterocycles. The van der Waals surface area contributed by atoms with Crippen molar-refractivity contribution in [1.29, 1.82) is 0 Å². The van der Waals surface area contributed by atoms with Crippen molar-refractivity contribution in [2.75, 3.05) is 5.75 Å². The fourth-order valence-electron chi connectivity index (χ4n) is 3.37. The Morgan fingerprint density at radius 1 is 1.19 bits per heavy atom. The maximum absolute atomic E-state index is 6.10. The zero-order valence-electron chi connectivity index (χ0n) is 16.0. The number of thioether (sulfide) groups is 1. The summed E-state index contributed by atoms with van der Waals surface area (Å²) in [6.45, 7) is 4.30. The third kappa shape index (κ3) is 5.55. The highest BCUT2D eigenvalue weighted by molar-refractivity contribution is 7.99. The van der Waals surface area contributed by atoms with Crippen LogP contribution in [0.4, 0.5) is 0 Å². The SMILES string of the molecule is CC[C@H](CCCc1ccccc1[C@@H](C)N)c1ncc(SCC2CC2)cn1. The van der Waals surface area contributed by atoms with Crippen molar-refractivity contribution in [3.05, 3.63) is 53.6 Å². The molecule has 140 valence electrons. The molecule has 1 saturated carbocycles. The van der Waals surface area contributed by atoms with Gasteiger partial charge >= 0.3 is 0 Å². The van der Waals surface area contributed by atoms with Gasteiger partial charge in [-0.05, 0) is 62.5 Å². The topological polar surface area (TPSA) is 51.8 Å². The summed E-state index contributed by atoms with van der Waals surface area (Å²) in [4.78, 5) is 10.5. The lowest BCUT2D eigenvalue weighted by Crippen LogP contribution is -2.09. The van der Waals surface area contributed by atoms with E-state index in [1.54, 1.807) is 0 Å². The van der Waals surface area contributed by atoms with Crippen LogP contribution in [0, 0.1) is 5.92 Å². The third-order valence-electron chi connectivity index (χ3n) is 5.23. The fourth-order valence-corrected chi connectivity index (χ4v) is 4.39. The fraction of sp³-hybridized carbons (Fsp3) is 0.545. The molecule has 1 aliphatic carbocycles. The van der Waals surface area contributed by atoms with E-state index in [9.17, 15) is 0 Å². The average molecular weight is 370 g/mol. The minimum absolute atomic E-state index is 0.0946. The van der Waals surface area contributed by atoms with Gasteiger partial charge in [-0.2, -0.15) is 0 Å². The standard InChI is InChI=1S/C22H31N3S/c1-3-18(8-6-9-19-7-4-5-10-21(19)16(2)23)22-24-13-20(14-25-22)26-15-17-11-12-17/h4-5,7,10,13-14,16-18H,3,6,8-9,11-12,15,23H2,1-2H3/t16-,18-/m1/s1. The van der Waals surface area contributed by atoms with Crippen LogP contribution in [0.2, 0.25) is 0 Å². The maximum atomic E-state index is 6.10. The molecule has 1 fully saturated rings. The summed E-state index contributed by atoms with van der Waals surface area (Å²) in [5.41, 5.74) is 8.75. The van der Waals surface area contributed by atoms with Gasteiger partial charge in [-0.1, -0.05) is 31.2 Å². The van der Waals surface area contributed by atoms with Crippen molar-refractivity contribution in [2.45, 2.75) is 69.2 Å². The third-order valence-corrected chi connectivity index (χ3v) is 6.42. The zero-order valence-corrected chi connectivity index (χ0v) is 16.8. The summed E-state index contributed by atoms with van der Waals surface area (Å²) in [7, 11) is 0. The van der Waals surface area contributed by atoms with E-state index in [2.05, 4.69) is 48.1 Å². The van der Waals surface area contributed by atoms with Crippen LogP contribution in [-0.2, 0) is 6.42 Å². The van der Waals surface area contributed by atoms with Gasteiger partial charge in [-0.25, -0.2) is 9.97 Å². The van der Waals surface area contributed by atoms with Crippen LogP contribution >= 0.6 is 11.8 Å². The van der Waals surface area contributed by atoms with Crippen LogP contribution in [-0.4, -0.2) is 15.7 Å². The summed E-state index contributed by atoms with van der Waals surface area (Å²) in [6.07, 6.45) is 11.3. The molecule has 2 aromatic rings. The molecular weight excluding hydrogens is 338 g/mol. The molecule has 26 heavy (non-hydrogen) atoms. The first-order chi connectivity index (χ1) is 12.7. The van der Waals surface area contributed by atoms with Crippen LogP contribution < -0.4 is 5.73 Å². The van der Waals surface area contributed by atoms with Crippen molar-refractivity contribution >= 4 is 11.8 Å². The quantitative estimate of drug-likeness (QED) is 0.561. The van der Waals surface area contributed by atoms with Crippen LogP contribution in [0.3, 0.4) is 0 Å². The van der Waals surface area contributed by atoms with E-state index in [1.165, 1.54) is 34.6 Å². The molecule has 0 radical (unpaired) electrons. The smallest absolute Gasteiger partial charge is 0.131 e. The first-order valence-corrected chi connectivity index (χ1v) is 10.9. The van der Waals surface area contributed by atoms with E-state index in [0.717, 1.165) is 37.4 Å². The Morgan fingerprint density at radius 3 is 2.58 bits per heavy atom. The van der Waals surface area contributed by atoms with Crippen molar-refractivity contribution in [2.24, 2.45) is 11.7 Å². The van der Waals surface area contributed by atoms with Gasteiger partial charge in [0, 0.05) is 35.0 Å². The van der Waals surface area contributed by atoms with Crippen molar-refractivity contribution < 1.29 is 0 Å². The lowest BCUT2D eigenvalue weighted by molar-refractivity contribution is 0.545. The summed E-state index contributed by atoms with van der Waals surface area (Å²) in [6, 6.07) is 8.64. The molecule has 0 aliphatic heterocycles. The van der Waals surface area contributed by atoms with Crippen LogP contribution in [0.25, 0.3) is 0 Å². The first-order valence-electron chi connectivity index (χ1n) is 9.95. The molecule has 0 bridgehead atoms. The molecule has 3 nitrogen and oxygen atoms in total. The van der Waals surface area contributed by atoms with Gasteiger partial charge in [0.2, 0.25) is 0 Å². The molecule has 2 atom stereocenters. The number of nitrogens with two attached hydrogens (primary N) is 1. The molecule has 0 unspecified atom stereocenters. The van der Waals surface area contributed by atoms with Crippen molar-refractivity contribution in [3.63, 3.8) is 0 Å². The first kappa shape index (κ1) is 19.4. The van der Waals surface area contributed by atoms with E-state index in [0.29, 0.717) is 5.92 Å². The van der Waals surface area contributed by atoms with E-state index >= 15 is 0 Å². The number of hydrogen-bond donors (Lipinski definition) is 1. The lowest BCUT2D eigenvalue weighted by Gasteiger charge is -2.16. The Morgan fingerprint density at radius 2 is 1.92 bits per heavy atom. The van der Waals surface area contributed by atoms with Crippen LogP contribution in [0.1, 0.15) is 74.9 Å². The van der Waals surface area contributed by atoms with E-state index in [-0.39, 0.29) is 6.04 Å².